The van der Waals surface area contributed by atoms with Gasteiger partial charge in [0.05, 0.1) is 24.2 Å². The number of nitrogens with zero attached hydrogens (tertiary/aromatic N) is 3. The Bertz CT molecular complexity index is 962. The fourth-order valence-electron chi connectivity index (χ4n) is 3.18. The van der Waals surface area contributed by atoms with E-state index in [0.29, 0.717) is 13.2 Å². The van der Waals surface area contributed by atoms with Gasteiger partial charge in [-0.15, -0.1) is 0 Å². The molecule has 0 aliphatic heterocycles. The molecule has 0 radical (unpaired) electrons. The molecule has 0 spiro atoms. The number of benzene rings is 2. The van der Waals surface area contributed by atoms with Crippen molar-refractivity contribution in [2.24, 2.45) is 0 Å². The summed E-state index contributed by atoms with van der Waals surface area (Å²) in [6.07, 6.45) is 1.95. The monoisotopic (exact) mass is 379 g/mol. The Morgan fingerprint density at radius 2 is 1.89 bits per heavy atom. The van der Waals surface area contributed by atoms with E-state index in [4.69, 9.17) is 9.72 Å². The Kier molecular flexibility index (Phi) is 6.34. The van der Waals surface area contributed by atoms with Crippen molar-refractivity contribution >= 4 is 16.9 Å². The number of unbranched alkanes of at least 4 members (excludes halogenated alkanes) is 1. The summed E-state index contributed by atoms with van der Waals surface area (Å²) in [4.78, 5) is 18.1. The molecular formula is C23H29N3O2. The van der Waals surface area contributed by atoms with E-state index in [0.717, 1.165) is 42.0 Å². The Morgan fingerprint density at radius 1 is 1.11 bits per heavy atom. The van der Waals surface area contributed by atoms with Crippen LogP contribution in [0.3, 0.4) is 0 Å². The molecule has 0 saturated carbocycles. The number of carbonyl (C=O) groups excluding carboxylic acids is 1. The van der Waals surface area contributed by atoms with Crippen LogP contribution >= 0.6 is 0 Å². The van der Waals surface area contributed by atoms with Gasteiger partial charge in [0.25, 0.3) is 0 Å². The van der Waals surface area contributed by atoms with Crippen molar-refractivity contribution in [3.05, 3.63) is 59.4 Å². The third-order valence-corrected chi connectivity index (χ3v) is 5.17. The third kappa shape index (κ3) is 4.71. The SMILES string of the molecule is CC(=O)N(C)Cc1nc2ccccc2n1CCCCOc1ccc(C)c(C)c1. The van der Waals surface area contributed by atoms with E-state index in [1.165, 1.54) is 11.1 Å². The average Bonchev–Trinajstić information content (AvgIpc) is 3.01. The Hall–Kier alpha value is -2.82. The van der Waals surface area contributed by atoms with Crippen molar-refractivity contribution in [1.29, 1.82) is 0 Å². The zero-order valence-corrected chi connectivity index (χ0v) is 17.2. The number of ether oxygens (including phenoxy) is 1. The van der Waals surface area contributed by atoms with Crippen LogP contribution in [-0.4, -0.2) is 34.0 Å². The van der Waals surface area contributed by atoms with Gasteiger partial charge in [0.1, 0.15) is 11.6 Å². The summed E-state index contributed by atoms with van der Waals surface area (Å²) in [7, 11) is 1.81. The average molecular weight is 380 g/mol. The zero-order valence-electron chi connectivity index (χ0n) is 17.2. The molecule has 5 heteroatoms. The highest BCUT2D eigenvalue weighted by atomic mass is 16.5. The molecule has 0 fully saturated rings. The van der Waals surface area contributed by atoms with Crippen LogP contribution in [0.2, 0.25) is 0 Å². The van der Waals surface area contributed by atoms with Crippen molar-refractivity contribution in [3.63, 3.8) is 0 Å². The summed E-state index contributed by atoms with van der Waals surface area (Å²) in [5.41, 5.74) is 4.62. The van der Waals surface area contributed by atoms with Gasteiger partial charge >= 0.3 is 0 Å². The first-order chi connectivity index (χ1) is 13.5. The number of aromatic nitrogens is 2. The van der Waals surface area contributed by atoms with E-state index < -0.39 is 0 Å². The summed E-state index contributed by atoms with van der Waals surface area (Å²) < 4.78 is 8.12. The van der Waals surface area contributed by atoms with E-state index in [-0.39, 0.29) is 5.91 Å². The number of fused-ring (bicyclic) bond motifs is 1. The van der Waals surface area contributed by atoms with E-state index in [1.807, 2.05) is 31.3 Å². The lowest BCUT2D eigenvalue weighted by atomic mass is 10.1. The first kappa shape index (κ1) is 19.9. The minimum absolute atomic E-state index is 0.0420. The summed E-state index contributed by atoms with van der Waals surface area (Å²) in [5, 5.41) is 0. The maximum absolute atomic E-state index is 11.6. The largest absolute Gasteiger partial charge is 0.494 e. The molecule has 0 N–H and O–H groups in total. The fraction of sp³-hybridized carbons (Fsp3) is 0.391. The molecule has 1 aromatic heterocycles. The first-order valence-corrected chi connectivity index (χ1v) is 9.81. The summed E-state index contributed by atoms with van der Waals surface area (Å²) >= 11 is 0. The molecule has 28 heavy (non-hydrogen) atoms. The molecule has 5 nitrogen and oxygen atoms in total. The summed E-state index contributed by atoms with van der Waals surface area (Å²) in [5.74, 6) is 1.90. The van der Waals surface area contributed by atoms with Crippen molar-refractivity contribution in [2.75, 3.05) is 13.7 Å². The van der Waals surface area contributed by atoms with Crippen LogP contribution in [0.25, 0.3) is 11.0 Å². The second kappa shape index (κ2) is 8.91. The van der Waals surface area contributed by atoms with E-state index in [1.54, 1.807) is 11.8 Å². The number of rotatable bonds is 8. The lowest BCUT2D eigenvalue weighted by molar-refractivity contribution is -0.128. The van der Waals surface area contributed by atoms with Crippen LogP contribution < -0.4 is 4.74 Å². The molecule has 0 saturated heterocycles. The fourth-order valence-corrected chi connectivity index (χ4v) is 3.18. The maximum atomic E-state index is 11.6. The second-order valence-corrected chi connectivity index (χ2v) is 7.35. The van der Waals surface area contributed by atoms with Gasteiger partial charge in [0.2, 0.25) is 5.91 Å². The zero-order chi connectivity index (χ0) is 20.1. The minimum Gasteiger partial charge on any atom is -0.494 e. The molecule has 3 aromatic rings. The second-order valence-electron chi connectivity index (χ2n) is 7.35. The van der Waals surface area contributed by atoms with Gasteiger partial charge in [0, 0.05) is 20.5 Å². The third-order valence-electron chi connectivity index (χ3n) is 5.17. The number of amides is 1. The van der Waals surface area contributed by atoms with Crippen LogP contribution in [0, 0.1) is 13.8 Å². The molecule has 148 valence electrons. The molecule has 3 rings (SSSR count). The van der Waals surface area contributed by atoms with Crippen LogP contribution in [0.1, 0.15) is 36.7 Å². The van der Waals surface area contributed by atoms with Gasteiger partial charge < -0.3 is 14.2 Å². The molecule has 0 aliphatic rings. The molecule has 0 atom stereocenters. The summed E-state index contributed by atoms with van der Waals surface area (Å²) in [6.45, 7) is 7.86. The Morgan fingerprint density at radius 3 is 2.64 bits per heavy atom. The maximum Gasteiger partial charge on any atom is 0.219 e. The molecule has 0 unspecified atom stereocenters. The van der Waals surface area contributed by atoms with Crippen molar-refractivity contribution in [2.45, 2.75) is 46.7 Å². The van der Waals surface area contributed by atoms with Gasteiger partial charge in [-0.25, -0.2) is 4.98 Å². The van der Waals surface area contributed by atoms with Crippen LogP contribution in [0.4, 0.5) is 0 Å². The minimum atomic E-state index is 0.0420. The standard InChI is InChI=1S/C23H29N3O2/c1-17-11-12-20(15-18(17)2)28-14-8-7-13-26-22-10-6-5-9-21(22)24-23(26)16-25(4)19(3)27/h5-6,9-12,15H,7-8,13-14,16H2,1-4H3. The Balaban J connectivity index is 1.61. The highest BCUT2D eigenvalue weighted by Crippen LogP contribution is 2.19. The molecule has 0 aliphatic carbocycles. The Labute approximate surface area is 166 Å². The highest BCUT2D eigenvalue weighted by molar-refractivity contribution is 5.76. The number of aryl methyl sites for hydroxylation is 3. The topological polar surface area (TPSA) is 47.4 Å². The van der Waals surface area contributed by atoms with Crippen LogP contribution in [-0.2, 0) is 17.9 Å². The highest BCUT2D eigenvalue weighted by Gasteiger charge is 2.13. The molecule has 2 aromatic carbocycles. The van der Waals surface area contributed by atoms with Crippen molar-refractivity contribution < 1.29 is 9.53 Å². The molecule has 1 amide bonds. The van der Waals surface area contributed by atoms with Gasteiger partial charge in [-0.3, -0.25) is 4.79 Å². The van der Waals surface area contributed by atoms with Crippen molar-refractivity contribution in [1.82, 2.24) is 14.5 Å². The number of hydrogen-bond donors (Lipinski definition) is 0. The van der Waals surface area contributed by atoms with E-state index in [9.17, 15) is 4.79 Å². The predicted octanol–water partition coefficient (Wildman–Crippen LogP) is 4.49. The predicted molar refractivity (Wildman–Crippen MR) is 113 cm³/mol. The molecule has 0 bridgehead atoms. The summed E-state index contributed by atoms with van der Waals surface area (Å²) in [6, 6.07) is 14.4. The normalized spacial score (nSPS) is 11.0. The van der Waals surface area contributed by atoms with Crippen LogP contribution in [0.15, 0.2) is 42.5 Å². The van der Waals surface area contributed by atoms with Gasteiger partial charge in [0.15, 0.2) is 0 Å². The van der Waals surface area contributed by atoms with E-state index in [2.05, 4.69) is 36.6 Å². The number of para-hydroxylation sites is 2. The number of carbonyl (C=O) groups is 1. The van der Waals surface area contributed by atoms with Gasteiger partial charge in [-0.2, -0.15) is 0 Å². The lowest BCUT2D eigenvalue weighted by Crippen LogP contribution is -2.25. The lowest BCUT2D eigenvalue weighted by Gasteiger charge is -2.16. The van der Waals surface area contributed by atoms with Gasteiger partial charge in [-0.05, 0) is 62.1 Å². The number of imidazole rings is 1. The quantitative estimate of drug-likeness (QED) is 0.542. The number of hydrogen-bond acceptors (Lipinski definition) is 3. The molecule has 1 heterocycles. The first-order valence-electron chi connectivity index (χ1n) is 9.81. The van der Waals surface area contributed by atoms with Crippen LogP contribution in [0.5, 0.6) is 5.75 Å². The van der Waals surface area contributed by atoms with E-state index >= 15 is 0 Å². The molecular weight excluding hydrogens is 350 g/mol. The van der Waals surface area contributed by atoms with Crippen molar-refractivity contribution in [3.8, 4) is 5.75 Å². The smallest absolute Gasteiger partial charge is 0.219 e. The van der Waals surface area contributed by atoms with Gasteiger partial charge in [-0.1, -0.05) is 18.2 Å².